The molecule has 0 heterocycles. The molecule has 5 heteroatoms. The molecule has 0 atom stereocenters. The molecule has 0 unspecified atom stereocenters. The van der Waals surface area contributed by atoms with Crippen molar-refractivity contribution in [2.24, 2.45) is 0 Å². The lowest BCUT2D eigenvalue weighted by molar-refractivity contribution is 0.633. The SMILES string of the molecule is CC[Si](C)(C)N(C)[Si](C)(C)N(C)[SiH2]C. The molecule has 0 N–H and O–H groups in total. The molecule has 0 saturated heterocycles. The smallest absolute Gasteiger partial charge is 0.186 e. The third-order valence-electron chi connectivity index (χ3n) is 4.00. The molecule has 0 aliphatic rings. The molecule has 0 aromatic rings. The molecule has 0 aromatic carbocycles. The second-order valence-corrected chi connectivity index (χ2v) is 17.3. The van der Waals surface area contributed by atoms with Crippen molar-refractivity contribution in [3.05, 3.63) is 0 Å². The summed E-state index contributed by atoms with van der Waals surface area (Å²) in [5, 5.41) is 0. The van der Waals surface area contributed by atoms with Crippen LogP contribution in [-0.2, 0) is 0 Å². The quantitative estimate of drug-likeness (QED) is 0.686. The van der Waals surface area contributed by atoms with Crippen molar-refractivity contribution in [2.45, 2.75) is 45.7 Å². The van der Waals surface area contributed by atoms with Crippen molar-refractivity contribution in [1.29, 1.82) is 0 Å². The van der Waals surface area contributed by atoms with Gasteiger partial charge in [0.1, 0.15) is 8.24 Å². The van der Waals surface area contributed by atoms with Crippen LogP contribution >= 0.6 is 0 Å². The van der Waals surface area contributed by atoms with Gasteiger partial charge in [-0.2, -0.15) is 0 Å². The summed E-state index contributed by atoms with van der Waals surface area (Å²) in [7, 11) is 2.30. The summed E-state index contributed by atoms with van der Waals surface area (Å²) in [6.45, 7) is 14.7. The fourth-order valence-electron chi connectivity index (χ4n) is 1.62. The van der Waals surface area contributed by atoms with Gasteiger partial charge in [-0.05, 0) is 33.2 Å². The van der Waals surface area contributed by atoms with Gasteiger partial charge in [-0.1, -0.05) is 26.6 Å². The first-order chi connectivity index (χ1) is 6.20. The second-order valence-electron chi connectivity index (χ2n) is 5.23. The Bertz CT molecular complexity index is 183. The lowest BCUT2D eigenvalue weighted by Gasteiger charge is -2.48. The van der Waals surface area contributed by atoms with Gasteiger partial charge in [0.15, 0.2) is 8.40 Å². The highest BCUT2D eigenvalue weighted by molar-refractivity contribution is 6.91. The first-order valence-corrected chi connectivity index (χ1v) is 13.7. The van der Waals surface area contributed by atoms with E-state index in [-0.39, 0.29) is 9.68 Å². The average Bonchev–Trinajstić information content (AvgIpc) is 2.15. The highest BCUT2D eigenvalue weighted by atomic mass is 28.4. The lowest BCUT2D eigenvalue weighted by atomic mass is 11.0. The fraction of sp³-hybridized carbons (Fsp3) is 1.00. The number of hydrogen-bond donors (Lipinski definition) is 0. The van der Waals surface area contributed by atoms with E-state index in [1.54, 1.807) is 0 Å². The second kappa shape index (κ2) is 5.07. The molecule has 0 saturated carbocycles. The van der Waals surface area contributed by atoms with Gasteiger partial charge in [0.25, 0.3) is 0 Å². The Morgan fingerprint density at radius 1 is 1.07 bits per heavy atom. The van der Waals surface area contributed by atoms with Crippen LogP contribution in [0.2, 0.25) is 38.8 Å². The summed E-state index contributed by atoms with van der Waals surface area (Å²) in [5.74, 6) is 0. The van der Waals surface area contributed by atoms with E-state index in [0.717, 1.165) is 0 Å². The van der Waals surface area contributed by atoms with E-state index in [2.05, 4.69) is 62.2 Å². The zero-order chi connectivity index (χ0) is 11.6. The Balaban J connectivity index is 4.73. The summed E-state index contributed by atoms with van der Waals surface area (Å²) in [5.41, 5.74) is 0. The molecular formula is C9H28N2Si3. The van der Waals surface area contributed by atoms with Gasteiger partial charge in [0, 0.05) is 0 Å². The molecule has 0 aliphatic carbocycles. The Hall–Kier alpha value is 0.571. The molecule has 0 spiro atoms. The maximum Gasteiger partial charge on any atom is 0.186 e. The molecule has 2 nitrogen and oxygen atoms in total. The van der Waals surface area contributed by atoms with Crippen molar-refractivity contribution < 1.29 is 0 Å². The molecule has 86 valence electrons. The van der Waals surface area contributed by atoms with Crippen molar-refractivity contribution >= 4 is 26.3 Å². The molecule has 0 radical (unpaired) electrons. The molecule has 0 aromatic heterocycles. The van der Waals surface area contributed by atoms with Crippen LogP contribution in [0.4, 0.5) is 0 Å². The number of nitrogens with zero attached hydrogens (tertiary/aromatic N) is 2. The predicted molar refractivity (Wildman–Crippen MR) is 75.4 cm³/mol. The van der Waals surface area contributed by atoms with Crippen LogP contribution in [0.25, 0.3) is 0 Å². The van der Waals surface area contributed by atoms with Gasteiger partial charge in [-0.3, -0.25) is 0 Å². The van der Waals surface area contributed by atoms with Gasteiger partial charge in [-0.25, -0.2) is 0 Å². The predicted octanol–water partition coefficient (Wildman–Crippen LogP) is 1.91. The van der Waals surface area contributed by atoms with Crippen LogP contribution in [0, 0.1) is 0 Å². The van der Waals surface area contributed by atoms with Crippen molar-refractivity contribution in [1.82, 2.24) is 8.46 Å². The van der Waals surface area contributed by atoms with E-state index in [1.165, 1.54) is 6.04 Å². The highest BCUT2D eigenvalue weighted by Gasteiger charge is 2.39. The summed E-state index contributed by atoms with van der Waals surface area (Å²) < 4.78 is 5.47. The van der Waals surface area contributed by atoms with Gasteiger partial charge in [0.05, 0.1) is 9.68 Å². The van der Waals surface area contributed by atoms with Crippen LogP contribution in [-0.4, -0.2) is 48.9 Å². The first kappa shape index (κ1) is 14.6. The standard InChI is InChI=1S/C9H28N2Si3/c1-9-13(5,6)11(3)14(7,8)10(2)12-4/h9,12H2,1-8H3. The molecule has 0 aliphatic heterocycles. The van der Waals surface area contributed by atoms with E-state index < -0.39 is 16.6 Å². The minimum absolute atomic E-state index is 0.00141. The number of rotatable bonds is 5. The zero-order valence-corrected chi connectivity index (χ0v) is 14.7. The van der Waals surface area contributed by atoms with Crippen LogP contribution in [0.1, 0.15) is 6.92 Å². The minimum atomic E-state index is -1.28. The third-order valence-corrected chi connectivity index (χ3v) is 18.7. The van der Waals surface area contributed by atoms with Crippen molar-refractivity contribution in [2.75, 3.05) is 14.1 Å². The van der Waals surface area contributed by atoms with Crippen LogP contribution < -0.4 is 0 Å². The normalized spacial score (nSPS) is 15.0. The van der Waals surface area contributed by atoms with Crippen LogP contribution in [0.3, 0.4) is 0 Å². The average molecular weight is 249 g/mol. The van der Waals surface area contributed by atoms with Crippen molar-refractivity contribution in [3.8, 4) is 0 Å². The molecule has 0 fully saturated rings. The lowest BCUT2D eigenvalue weighted by Crippen LogP contribution is -2.67. The summed E-state index contributed by atoms with van der Waals surface area (Å²) in [6.07, 6.45) is 0. The van der Waals surface area contributed by atoms with E-state index in [1.807, 2.05) is 0 Å². The molecule has 14 heavy (non-hydrogen) atoms. The highest BCUT2D eigenvalue weighted by Crippen LogP contribution is 2.22. The van der Waals surface area contributed by atoms with Gasteiger partial charge in [0.2, 0.25) is 0 Å². The minimum Gasteiger partial charge on any atom is -0.342 e. The molecular weight excluding hydrogens is 220 g/mol. The third kappa shape index (κ3) is 3.03. The first-order valence-electron chi connectivity index (χ1n) is 5.65. The maximum atomic E-state index is 2.77. The van der Waals surface area contributed by atoms with Gasteiger partial charge in [-0.15, -0.1) is 0 Å². The largest absolute Gasteiger partial charge is 0.342 e. The summed E-state index contributed by atoms with van der Waals surface area (Å²) >= 11 is 0. The monoisotopic (exact) mass is 248 g/mol. The maximum absolute atomic E-state index is 2.77. The fourth-order valence-corrected chi connectivity index (χ4v) is 13.7. The summed E-state index contributed by atoms with van der Waals surface area (Å²) in [6, 6.07) is 1.36. The Kier molecular flexibility index (Phi) is 5.27. The van der Waals surface area contributed by atoms with Crippen molar-refractivity contribution in [3.63, 3.8) is 0 Å². The van der Waals surface area contributed by atoms with E-state index in [4.69, 9.17) is 0 Å². The van der Waals surface area contributed by atoms with E-state index in [9.17, 15) is 0 Å². The van der Waals surface area contributed by atoms with E-state index in [0.29, 0.717) is 0 Å². The van der Waals surface area contributed by atoms with Crippen LogP contribution in [0.5, 0.6) is 0 Å². The topological polar surface area (TPSA) is 6.48 Å². The zero-order valence-electron chi connectivity index (χ0n) is 11.3. The molecule has 0 bridgehead atoms. The van der Waals surface area contributed by atoms with E-state index >= 15 is 0 Å². The molecule has 0 amide bonds. The summed E-state index contributed by atoms with van der Waals surface area (Å²) in [4.78, 5) is 0. The van der Waals surface area contributed by atoms with Gasteiger partial charge < -0.3 is 8.46 Å². The number of hydrogen-bond acceptors (Lipinski definition) is 2. The Morgan fingerprint density at radius 3 is 1.79 bits per heavy atom. The molecule has 0 rings (SSSR count). The van der Waals surface area contributed by atoms with Gasteiger partial charge >= 0.3 is 0 Å². The van der Waals surface area contributed by atoms with Crippen LogP contribution in [0.15, 0.2) is 0 Å². The Morgan fingerprint density at radius 2 is 1.50 bits per heavy atom. The Labute approximate surface area is 94.8 Å².